The van der Waals surface area contributed by atoms with E-state index in [4.69, 9.17) is 10.3 Å². The zero-order chi connectivity index (χ0) is 14.0. The van der Waals surface area contributed by atoms with Gasteiger partial charge in [0.05, 0.1) is 12.1 Å². The van der Waals surface area contributed by atoms with Crippen molar-refractivity contribution < 1.29 is 9.32 Å². The first-order valence-electron chi connectivity index (χ1n) is 6.05. The van der Waals surface area contributed by atoms with Crippen LogP contribution >= 0.6 is 0 Å². The molecule has 2 rings (SSSR count). The standard InChI is InChI=1S/C14H17N3O2/c1-8-4-5-11(15)6-13(8)16-14(18)7-12-9(2)17-19-10(12)3/h4-6H,7,15H2,1-3H3,(H,16,18). The highest BCUT2D eigenvalue weighted by atomic mass is 16.5. The van der Waals surface area contributed by atoms with Gasteiger partial charge in [-0.05, 0) is 38.5 Å². The minimum absolute atomic E-state index is 0.108. The van der Waals surface area contributed by atoms with Crippen LogP contribution in [0.5, 0.6) is 0 Å². The Kier molecular flexibility index (Phi) is 3.55. The zero-order valence-electron chi connectivity index (χ0n) is 11.3. The molecule has 0 spiro atoms. The molecule has 0 radical (unpaired) electrons. The Bertz CT molecular complexity index is 598. The van der Waals surface area contributed by atoms with E-state index in [1.165, 1.54) is 0 Å². The van der Waals surface area contributed by atoms with Gasteiger partial charge in [0.1, 0.15) is 5.76 Å². The second-order valence-electron chi connectivity index (χ2n) is 4.60. The lowest BCUT2D eigenvalue weighted by Crippen LogP contribution is -2.16. The van der Waals surface area contributed by atoms with Crippen LogP contribution in [0.25, 0.3) is 0 Å². The molecule has 100 valence electrons. The molecule has 0 aliphatic carbocycles. The first-order valence-corrected chi connectivity index (χ1v) is 6.05. The van der Waals surface area contributed by atoms with Gasteiger partial charge in [0.25, 0.3) is 0 Å². The number of nitrogen functional groups attached to an aromatic ring is 1. The molecule has 1 aromatic carbocycles. The number of nitrogens with one attached hydrogen (secondary N) is 1. The molecule has 1 aromatic heterocycles. The third-order valence-corrected chi connectivity index (χ3v) is 3.05. The van der Waals surface area contributed by atoms with Crippen molar-refractivity contribution in [2.24, 2.45) is 0 Å². The summed E-state index contributed by atoms with van der Waals surface area (Å²) in [5.74, 6) is 0.569. The molecule has 0 aliphatic rings. The third-order valence-electron chi connectivity index (χ3n) is 3.05. The molecule has 19 heavy (non-hydrogen) atoms. The van der Waals surface area contributed by atoms with Gasteiger partial charge in [-0.2, -0.15) is 0 Å². The molecule has 0 saturated carbocycles. The normalized spacial score (nSPS) is 10.5. The van der Waals surface area contributed by atoms with E-state index in [0.717, 1.165) is 22.5 Å². The van der Waals surface area contributed by atoms with E-state index < -0.39 is 0 Å². The van der Waals surface area contributed by atoms with Crippen molar-refractivity contribution >= 4 is 17.3 Å². The molecule has 0 fully saturated rings. The second-order valence-corrected chi connectivity index (χ2v) is 4.60. The van der Waals surface area contributed by atoms with Crippen LogP contribution in [-0.2, 0) is 11.2 Å². The number of carbonyl (C=O) groups is 1. The van der Waals surface area contributed by atoms with Crippen LogP contribution in [0.4, 0.5) is 11.4 Å². The smallest absolute Gasteiger partial charge is 0.229 e. The third kappa shape index (κ3) is 2.93. The van der Waals surface area contributed by atoms with Gasteiger partial charge in [0.2, 0.25) is 5.91 Å². The number of rotatable bonds is 3. The summed E-state index contributed by atoms with van der Waals surface area (Å²) in [5, 5.41) is 6.69. The number of nitrogens with two attached hydrogens (primary N) is 1. The first kappa shape index (κ1) is 13.1. The van der Waals surface area contributed by atoms with E-state index in [0.29, 0.717) is 11.4 Å². The zero-order valence-corrected chi connectivity index (χ0v) is 11.3. The van der Waals surface area contributed by atoms with Crippen molar-refractivity contribution in [2.45, 2.75) is 27.2 Å². The Balaban J connectivity index is 2.12. The summed E-state index contributed by atoms with van der Waals surface area (Å²) >= 11 is 0. The van der Waals surface area contributed by atoms with Gasteiger partial charge in [0.15, 0.2) is 0 Å². The summed E-state index contributed by atoms with van der Waals surface area (Å²) < 4.78 is 5.04. The fourth-order valence-corrected chi connectivity index (χ4v) is 1.88. The number of amides is 1. The Hall–Kier alpha value is -2.30. The minimum Gasteiger partial charge on any atom is -0.399 e. The van der Waals surface area contributed by atoms with Crippen molar-refractivity contribution in [3.63, 3.8) is 0 Å². The van der Waals surface area contributed by atoms with E-state index in [2.05, 4.69) is 10.5 Å². The molecule has 0 saturated heterocycles. The van der Waals surface area contributed by atoms with Gasteiger partial charge in [-0.25, -0.2) is 0 Å². The topological polar surface area (TPSA) is 81.1 Å². The van der Waals surface area contributed by atoms with Crippen molar-refractivity contribution in [1.29, 1.82) is 0 Å². The minimum atomic E-state index is -0.108. The molecule has 5 heteroatoms. The molecule has 0 atom stereocenters. The molecule has 0 aliphatic heterocycles. The van der Waals surface area contributed by atoms with Gasteiger partial charge < -0.3 is 15.6 Å². The lowest BCUT2D eigenvalue weighted by atomic mass is 10.1. The van der Waals surface area contributed by atoms with E-state index in [1.807, 2.05) is 19.9 Å². The average Bonchev–Trinajstić information content (AvgIpc) is 2.65. The van der Waals surface area contributed by atoms with Crippen molar-refractivity contribution in [2.75, 3.05) is 11.1 Å². The first-order chi connectivity index (χ1) is 8.97. The highest BCUT2D eigenvalue weighted by molar-refractivity contribution is 5.93. The largest absolute Gasteiger partial charge is 0.399 e. The Labute approximate surface area is 111 Å². The Morgan fingerprint density at radius 3 is 2.74 bits per heavy atom. The van der Waals surface area contributed by atoms with Crippen LogP contribution < -0.4 is 11.1 Å². The fourth-order valence-electron chi connectivity index (χ4n) is 1.88. The molecule has 1 heterocycles. The Morgan fingerprint density at radius 2 is 2.11 bits per heavy atom. The summed E-state index contributed by atoms with van der Waals surface area (Å²) in [6.45, 7) is 5.55. The quantitative estimate of drug-likeness (QED) is 0.829. The highest BCUT2D eigenvalue weighted by Crippen LogP contribution is 2.19. The molecular formula is C14H17N3O2. The number of aromatic nitrogens is 1. The number of hydrogen-bond acceptors (Lipinski definition) is 4. The number of carbonyl (C=O) groups excluding carboxylic acids is 1. The maximum atomic E-state index is 12.0. The number of nitrogens with zero attached hydrogens (tertiary/aromatic N) is 1. The van der Waals surface area contributed by atoms with Crippen LogP contribution in [0.15, 0.2) is 22.7 Å². The summed E-state index contributed by atoms with van der Waals surface area (Å²) in [6, 6.07) is 5.43. The second kappa shape index (κ2) is 5.14. The molecule has 1 amide bonds. The van der Waals surface area contributed by atoms with Gasteiger partial charge >= 0.3 is 0 Å². The van der Waals surface area contributed by atoms with E-state index in [1.54, 1.807) is 19.1 Å². The van der Waals surface area contributed by atoms with Gasteiger partial charge in [0, 0.05) is 16.9 Å². The molecule has 2 aromatic rings. The number of hydrogen-bond donors (Lipinski definition) is 2. The molecule has 5 nitrogen and oxygen atoms in total. The molecule has 3 N–H and O–H groups in total. The Morgan fingerprint density at radius 1 is 1.37 bits per heavy atom. The molecular weight excluding hydrogens is 242 g/mol. The number of aryl methyl sites for hydroxylation is 3. The predicted molar refractivity (Wildman–Crippen MR) is 73.9 cm³/mol. The maximum Gasteiger partial charge on any atom is 0.229 e. The van der Waals surface area contributed by atoms with Crippen molar-refractivity contribution in [1.82, 2.24) is 5.16 Å². The van der Waals surface area contributed by atoms with Gasteiger partial charge in [-0.15, -0.1) is 0 Å². The van der Waals surface area contributed by atoms with Crippen LogP contribution in [0.1, 0.15) is 22.6 Å². The van der Waals surface area contributed by atoms with Crippen LogP contribution in [0.3, 0.4) is 0 Å². The van der Waals surface area contributed by atoms with Crippen LogP contribution in [0, 0.1) is 20.8 Å². The summed E-state index contributed by atoms with van der Waals surface area (Å²) in [7, 11) is 0. The van der Waals surface area contributed by atoms with Crippen LogP contribution in [0.2, 0.25) is 0 Å². The maximum absolute atomic E-state index is 12.0. The summed E-state index contributed by atoms with van der Waals surface area (Å²) in [5.41, 5.74) is 9.62. The predicted octanol–water partition coefficient (Wildman–Crippen LogP) is 2.36. The summed E-state index contributed by atoms with van der Waals surface area (Å²) in [6.07, 6.45) is 0.245. The van der Waals surface area contributed by atoms with Crippen molar-refractivity contribution in [3.05, 3.63) is 40.8 Å². The van der Waals surface area contributed by atoms with Crippen LogP contribution in [-0.4, -0.2) is 11.1 Å². The summed E-state index contributed by atoms with van der Waals surface area (Å²) in [4.78, 5) is 12.0. The van der Waals surface area contributed by atoms with Crippen molar-refractivity contribution in [3.8, 4) is 0 Å². The SMILES string of the molecule is Cc1ccc(N)cc1NC(=O)Cc1c(C)noc1C. The molecule has 0 unspecified atom stereocenters. The van der Waals surface area contributed by atoms with Gasteiger partial charge in [-0.1, -0.05) is 11.2 Å². The monoisotopic (exact) mass is 259 g/mol. The van der Waals surface area contributed by atoms with E-state index >= 15 is 0 Å². The molecule has 0 bridgehead atoms. The highest BCUT2D eigenvalue weighted by Gasteiger charge is 2.14. The number of benzene rings is 1. The van der Waals surface area contributed by atoms with E-state index in [9.17, 15) is 4.79 Å². The van der Waals surface area contributed by atoms with E-state index in [-0.39, 0.29) is 12.3 Å². The lowest BCUT2D eigenvalue weighted by Gasteiger charge is -2.09. The lowest BCUT2D eigenvalue weighted by molar-refractivity contribution is -0.115. The van der Waals surface area contributed by atoms with Gasteiger partial charge in [-0.3, -0.25) is 4.79 Å². The number of anilines is 2. The fraction of sp³-hybridized carbons (Fsp3) is 0.286. The average molecular weight is 259 g/mol.